The van der Waals surface area contributed by atoms with Gasteiger partial charge in [0.05, 0.1) is 30.3 Å². The maximum atomic E-state index is 9.98. The molecule has 0 saturated heterocycles. The minimum absolute atomic E-state index is 0.334. The van der Waals surface area contributed by atoms with E-state index in [1.165, 1.54) is 0 Å². The Morgan fingerprint density at radius 1 is 0.815 bits per heavy atom. The lowest BCUT2D eigenvalue weighted by molar-refractivity contribution is 0.319. The first-order valence-corrected chi connectivity index (χ1v) is 8.60. The van der Waals surface area contributed by atoms with Crippen LogP contribution in [0.1, 0.15) is 23.5 Å². The van der Waals surface area contributed by atoms with E-state index in [2.05, 4.69) is 17.5 Å². The average Bonchev–Trinajstić information content (AvgIpc) is 3.00. The molecule has 1 fully saturated rings. The molecule has 2 aromatic rings. The summed E-state index contributed by atoms with van der Waals surface area (Å²) in [7, 11) is 0. The van der Waals surface area contributed by atoms with Gasteiger partial charge in [0, 0.05) is 11.6 Å². The summed E-state index contributed by atoms with van der Waals surface area (Å²) in [4.78, 5) is 0. The van der Waals surface area contributed by atoms with Crippen LogP contribution >= 0.6 is 0 Å². The predicted octanol–water partition coefficient (Wildman–Crippen LogP) is 4.03. The Morgan fingerprint density at radius 3 is 1.93 bits per heavy atom. The molecule has 27 heavy (non-hydrogen) atoms. The molecule has 2 unspecified atom stereocenters. The molecule has 1 aliphatic rings. The van der Waals surface area contributed by atoms with Gasteiger partial charge in [-0.1, -0.05) is 48.5 Å². The number of nitrogens with one attached hydrogen (secondary N) is 1. The number of hydrogen-bond donors (Lipinski definition) is 1. The maximum Gasteiger partial charge on any atom is 0.195 e. The van der Waals surface area contributed by atoms with Crippen molar-refractivity contribution in [3.63, 3.8) is 0 Å². The summed E-state index contributed by atoms with van der Waals surface area (Å²) in [5.74, 6) is -0.547. The normalized spacial score (nSPS) is 21.8. The quantitative estimate of drug-likeness (QED) is 0.898. The van der Waals surface area contributed by atoms with Gasteiger partial charge in [-0.25, -0.2) is 0 Å². The van der Waals surface area contributed by atoms with Crippen molar-refractivity contribution < 1.29 is 0 Å². The van der Waals surface area contributed by atoms with Gasteiger partial charge in [-0.2, -0.15) is 21.0 Å². The third-order valence-corrected chi connectivity index (χ3v) is 5.52. The number of aryl methyl sites for hydroxylation is 1. The van der Waals surface area contributed by atoms with Crippen molar-refractivity contribution in [2.75, 3.05) is 5.32 Å². The van der Waals surface area contributed by atoms with Gasteiger partial charge in [0.1, 0.15) is 0 Å². The molecule has 5 nitrogen and oxygen atoms in total. The first-order chi connectivity index (χ1) is 13.1. The molecule has 130 valence electrons. The molecule has 5 heteroatoms. The largest absolute Gasteiger partial charge is 0.379 e. The smallest absolute Gasteiger partial charge is 0.195 e. The molecular formula is C22H17N5. The zero-order chi connectivity index (χ0) is 19.5. The van der Waals surface area contributed by atoms with Crippen LogP contribution in [-0.2, 0) is 0 Å². The third kappa shape index (κ3) is 2.50. The van der Waals surface area contributed by atoms with Crippen molar-refractivity contribution in [1.82, 2.24) is 0 Å². The lowest BCUT2D eigenvalue weighted by Crippen LogP contribution is -2.44. The van der Waals surface area contributed by atoms with E-state index in [0.717, 1.165) is 16.8 Å². The first kappa shape index (κ1) is 18.0. The molecule has 2 aromatic carbocycles. The van der Waals surface area contributed by atoms with Crippen LogP contribution in [0.2, 0.25) is 0 Å². The Bertz CT molecular complexity index is 986. The highest BCUT2D eigenvalue weighted by atomic mass is 15.0. The second-order valence-electron chi connectivity index (χ2n) is 6.77. The van der Waals surface area contributed by atoms with E-state index in [9.17, 15) is 21.0 Å². The van der Waals surface area contributed by atoms with Crippen molar-refractivity contribution in [2.45, 2.75) is 25.3 Å². The van der Waals surface area contributed by atoms with Crippen LogP contribution in [0.5, 0.6) is 0 Å². The summed E-state index contributed by atoms with van der Waals surface area (Å²) in [6, 6.07) is 24.3. The Hall–Kier alpha value is -3.80. The summed E-state index contributed by atoms with van der Waals surface area (Å²) in [6.07, 6.45) is 0.334. The van der Waals surface area contributed by atoms with Crippen LogP contribution in [0, 0.1) is 63.1 Å². The van der Waals surface area contributed by atoms with E-state index in [1.54, 1.807) is 0 Å². The van der Waals surface area contributed by atoms with Gasteiger partial charge in [-0.3, -0.25) is 0 Å². The lowest BCUT2D eigenvalue weighted by atomic mass is 9.63. The summed E-state index contributed by atoms with van der Waals surface area (Å²) in [6.45, 7) is 1.92. The van der Waals surface area contributed by atoms with Crippen LogP contribution in [0.25, 0.3) is 0 Å². The lowest BCUT2D eigenvalue weighted by Gasteiger charge is -2.31. The molecule has 1 saturated carbocycles. The molecule has 1 aliphatic carbocycles. The minimum atomic E-state index is -1.79. The van der Waals surface area contributed by atoms with Gasteiger partial charge in [0.25, 0.3) is 0 Å². The SMILES string of the molecule is Cc1ccccc1NC1CC(c2ccccc2)C(C#N)(C#N)C1(C#N)C#N. The van der Waals surface area contributed by atoms with Crippen LogP contribution < -0.4 is 5.32 Å². The molecule has 0 bridgehead atoms. The van der Waals surface area contributed by atoms with E-state index in [-0.39, 0.29) is 0 Å². The molecule has 3 rings (SSSR count). The van der Waals surface area contributed by atoms with Gasteiger partial charge < -0.3 is 5.32 Å². The van der Waals surface area contributed by atoms with Gasteiger partial charge in [0.15, 0.2) is 10.8 Å². The highest BCUT2D eigenvalue weighted by molar-refractivity contribution is 5.56. The molecule has 0 heterocycles. The van der Waals surface area contributed by atoms with Gasteiger partial charge in [-0.15, -0.1) is 0 Å². The monoisotopic (exact) mass is 351 g/mol. The number of nitriles is 4. The number of hydrogen-bond acceptors (Lipinski definition) is 5. The highest BCUT2D eigenvalue weighted by Gasteiger charge is 2.69. The standard InChI is InChI=1S/C22H17N5/c1-16-7-5-6-10-19(16)27-20-11-18(17-8-3-2-4-9-17)21(12-23,13-24)22(20,14-25)15-26/h2-10,18,20,27H,11H2,1H3. The Labute approximate surface area is 158 Å². The molecule has 2 atom stereocenters. The third-order valence-electron chi connectivity index (χ3n) is 5.52. The maximum absolute atomic E-state index is 9.98. The van der Waals surface area contributed by atoms with Crippen molar-refractivity contribution in [2.24, 2.45) is 10.8 Å². The van der Waals surface area contributed by atoms with E-state index in [4.69, 9.17) is 0 Å². The second-order valence-corrected chi connectivity index (χ2v) is 6.77. The second kappa shape index (κ2) is 6.84. The molecule has 0 aliphatic heterocycles. The average molecular weight is 351 g/mol. The van der Waals surface area contributed by atoms with Crippen LogP contribution in [0.4, 0.5) is 5.69 Å². The summed E-state index contributed by atoms with van der Waals surface area (Å²) in [5, 5.41) is 43.2. The Kier molecular flexibility index (Phi) is 4.56. The molecule has 0 spiro atoms. The highest BCUT2D eigenvalue weighted by Crippen LogP contribution is 2.60. The Balaban J connectivity index is 2.17. The number of anilines is 1. The van der Waals surface area contributed by atoms with Crippen molar-refractivity contribution >= 4 is 5.69 Å². The van der Waals surface area contributed by atoms with Crippen LogP contribution in [0.15, 0.2) is 54.6 Å². The summed E-state index contributed by atoms with van der Waals surface area (Å²) < 4.78 is 0. The van der Waals surface area contributed by atoms with E-state index in [1.807, 2.05) is 73.7 Å². The van der Waals surface area contributed by atoms with Crippen LogP contribution in [0.3, 0.4) is 0 Å². The topological polar surface area (TPSA) is 107 Å². The fourth-order valence-electron chi connectivity index (χ4n) is 4.01. The van der Waals surface area contributed by atoms with E-state index >= 15 is 0 Å². The Morgan fingerprint density at radius 2 is 1.37 bits per heavy atom. The first-order valence-electron chi connectivity index (χ1n) is 8.60. The van der Waals surface area contributed by atoms with Gasteiger partial charge in [-0.05, 0) is 30.5 Å². The van der Waals surface area contributed by atoms with Gasteiger partial charge in [0.2, 0.25) is 0 Å². The van der Waals surface area contributed by atoms with Crippen molar-refractivity contribution in [3.05, 3.63) is 65.7 Å². The number of rotatable bonds is 3. The van der Waals surface area contributed by atoms with E-state index < -0.39 is 22.8 Å². The molecule has 0 amide bonds. The minimum Gasteiger partial charge on any atom is -0.379 e. The molecular weight excluding hydrogens is 334 g/mol. The number of benzene rings is 2. The predicted molar refractivity (Wildman–Crippen MR) is 99.7 cm³/mol. The fraction of sp³-hybridized carbons (Fsp3) is 0.273. The summed E-state index contributed by atoms with van der Waals surface area (Å²) >= 11 is 0. The number of para-hydroxylation sites is 1. The van der Waals surface area contributed by atoms with Crippen molar-refractivity contribution in [1.29, 1.82) is 21.0 Å². The molecule has 0 radical (unpaired) electrons. The van der Waals surface area contributed by atoms with Crippen LogP contribution in [-0.4, -0.2) is 6.04 Å². The zero-order valence-corrected chi connectivity index (χ0v) is 14.8. The van der Waals surface area contributed by atoms with E-state index in [0.29, 0.717) is 6.42 Å². The van der Waals surface area contributed by atoms with Gasteiger partial charge >= 0.3 is 0 Å². The van der Waals surface area contributed by atoms with Crippen molar-refractivity contribution in [3.8, 4) is 24.3 Å². The molecule has 1 N–H and O–H groups in total. The molecule has 0 aromatic heterocycles. The number of nitrogens with zero attached hydrogens (tertiary/aromatic N) is 4. The summed E-state index contributed by atoms with van der Waals surface area (Å²) in [5.41, 5.74) is -1.03. The fourth-order valence-corrected chi connectivity index (χ4v) is 4.01. The zero-order valence-electron chi connectivity index (χ0n) is 14.8.